The van der Waals surface area contributed by atoms with Crippen LogP contribution in [0.2, 0.25) is 5.02 Å². The highest BCUT2D eigenvalue weighted by atomic mass is 35.5. The SMILES string of the molecule is COc1cc(/C=C2\N=C(c3ccc(C(C)(C)C)cc3)OC2=O)cc(Cl)c1OCc1ccccc1. The summed E-state index contributed by atoms with van der Waals surface area (Å²) in [6, 6.07) is 21.1. The number of ether oxygens (including phenoxy) is 3. The number of esters is 1. The highest BCUT2D eigenvalue weighted by Gasteiger charge is 2.25. The molecule has 0 aliphatic carbocycles. The molecular weight excluding hydrogens is 450 g/mol. The Morgan fingerprint density at radius 1 is 1.03 bits per heavy atom. The molecule has 6 heteroatoms. The molecule has 5 nitrogen and oxygen atoms in total. The van der Waals surface area contributed by atoms with E-state index in [1.807, 2.05) is 54.6 Å². The van der Waals surface area contributed by atoms with Gasteiger partial charge in [-0.3, -0.25) is 0 Å². The number of carbonyl (C=O) groups excluding carboxylic acids is 1. The molecule has 174 valence electrons. The summed E-state index contributed by atoms with van der Waals surface area (Å²) in [7, 11) is 1.54. The van der Waals surface area contributed by atoms with Crippen LogP contribution in [-0.4, -0.2) is 19.0 Å². The summed E-state index contributed by atoms with van der Waals surface area (Å²) in [5.74, 6) is 0.655. The van der Waals surface area contributed by atoms with E-state index in [9.17, 15) is 4.79 Å². The molecular formula is C28H26ClNO4. The molecule has 0 unspecified atom stereocenters. The topological polar surface area (TPSA) is 57.1 Å². The van der Waals surface area contributed by atoms with E-state index < -0.39 is 5.97 Å². The number of nitrogens with zero attached hydrogens (tertiary/aromatic N) is 1. The highest BCUT2D eigenvalue weighted by Crippen LogP contribution is 2.38. The molecule has 1 aliphatic heterocycles. The van der Waals surface area contributed by atoms with Crippen molar-refractivity contribution < 1.29 is 19.0 Å². The monoisotopic (exact) mass is 475 g/mol. The first-order valence-corrected chi connectivity index (χ1v) is 11.3. The second kappa shape index (κ2) is 9.74. The maximum absolute atomic E-state index is 12.5. The first-order valence-electron chi connectivity index (χ1n) is 10.9. The Morgan fingerprint density at radius 2 is 1.74 bits per heavy atom. The molecule has 0 fully saturated rings. The molecule has 0 aromatic heterocycles. The average Bonchev–Trinajstić information content (AvgIpc) is 3.18. The van der Waals surface area contributed by atoms with E-state index in [-0.39, 0.29) is 17.0 Å². The normalized spacial score (nSPS) is 14.7. The van der Waals surface area contributed by atoms with E-state index in [0.29, 0.717) is 28.7 Å². The Kier molecular flexibility index (Phi) is 6.75. The summed E-state index contributed by atoms with van der Waals surface area (Å²) >= 11 is 6.49. The van der Waals surface area contributed by atoms with Crippen LogP contribution in [-0.2, 0) is 21.6 Å². The lowest BCUT2D eigenvalue weighted by Crippen LogP contribution is -2.11. The Hall–Kier alpha value is -3.57. The van der Waals surface area contributed by atoms with Crippen LogP contribution in [0.15, 0.2) is 77.4 Å². The molecule has 0 atom stereocenters. The standard InChI is InChI=1S/C28H26ClNO4/c1-28(2,3)21-12-10-20(11-13-21)26-30-23(27(31)34-26)15-19-14-22(29)25(24(16-19)32-4)33-17-18-8-6-5-7-9-18/h5-16H,17H2,1-4H3/b23-15-. The van der Waals surface area contributed by atoms with Crippen molar-refractivity contribution in [1.29, 1.82) is 0 Å². The van der Waals surface area contributed by atoms with Gasteiger partial charge >= 0.3 is 5.97 Å². The fourth-order valence-electron chi connectivity index (χ4n) is 3.50. The first kappa shape index (κ1) is 23.6. The predicted molar refractivity (Wildman–Crippen MR) is 135 cm³/mol. The van der Waals surface area contributed by atoms with Crippen LogP contribution in [0, 0.1) is 0 Å². The second-order valence-electron chi connectivity index (χ2n) is 8.97. The number of carbonyl (C=O) groups is 1. The Labute approximate surface area is 204 Å². The second-order valence-corrected chi connectivity index (χ2v) is 9.38. The van der Waals surface area contributed by atoms with E-state index in [1.54, 1.807) is 25.3 Å². The number of hydrogen-bond donors (Lipinski definition) is 0. The fraction of sp³-hybridized carbons (Fsp3) is 0.214. The van der Waals surface area contributed by atoms with E-state index >= 15 is 0 Å². The number of rotatable bonds is 6. The third-order valence-electron chi connectivity index (χ3n) is 5.40. The molecule has 0 saturated carbocycles. The quantitative estimate of drug-likeness (QED) is 0.299. The number of methoxy groups -OCH3 is 1. The minimum atomic E-state index is -0.519. The maximum Gasteiger partial charge on any atom is 0.363 e. The lowest BCUT2D eigenvalue weighted by atomic mass is 9.87. The highest BCUT2D eigenvalue weighted by molar-refractivity contribution is 6.32. The van der Waals surface area contributed by atoms with Crippen LogP contribution >= 0.6 is 11.6 Å². The van der Waals surface area contributed by atoms with Crippen molar-refractivity contribution in [3.05, 3.63) is 99.7 Å². The van der Waals surface area contributed by atoms with Crippen LogP contribution in [0.25, 0.3) is 6.08 Å². The van der Waals surface area contributed by atoms with Gasteiger partial charge < -0.3 is 14.2 Å². The summed E-state index contributed by atoms with van der Waals surface area (Å²) in [4.78, 5) is 16.9. The van der Waals surface area contributed by atoms with Crippen molar-refractivity contribution in [2.24, 2.45) is 4.99 Å². The molecule has 1 aliphatic rings. The molecule has 0 amide bonds. The van der Waals surface area contributed by atoms with E-state index in [4.69, 9.17) is 25.8 Å². The van der Waals surface area contributed by atoms with Crippen molar-refractivity contribution in [3.63, 3.8) is 0 Å². The number of cyclic esters (lactones) is 1. The van der Waals surface area contributed by atoms with Gasteiger partial charge in [-0.1, -0.05) is 74.8 Å². The van der Waals surface area contributed by atoms with Gasteiger partial charge in [-0.05, 0) is 52.4 Å². The minimum absolute atomic E-state index is 0.0348. The lowest BCUT2D eigenvalue weighted by molar-refractivity contribution is -0.129. The summed E-state index contributed by atoms with van der Waals surface area (Å²) in [6.45, 7) is 6.79. The zero-order valence-corrected chi connectivity index (χ0v) is 20.3. The zero-order valence-electron chi connectivity index (χ0n) is 19.6. The minimum Gasteiger partial charge on any atom is -0.493 e. The van der Waals surface area contributed by atoms with Gasteiger partial charge in [0, 0.05) is 5.56 Å². The van der Waals surface area contributed by atoms with Crippen molar-refractivity contribution >= 4 is 29.5 Å². The lowest BCUT2D eigenvalue weighted by Gasteiger charge is -2.18. The van der Waals surface area contributed by atoms with Gasteiger partial charge in [-0.15, -0.1) is 0 Å². The molecule has 0 radical (unpaired) electrons. The van der Waals surface area contributed by atoms with Gasteiger partial charge in [-0.25, -0.2) is 9.79 Å². The molecule has 0 saturated heterocycles. The largest absolute Gasteiger partial charge is 0.493 e. The summed E-state index contributed by atoms with van der Waals surface area (Å²) in [5, 5.41) is 0.371. The average molecular weight is 476 g/mol. The van der Waals surface area contributed by atoms with Crippen LogP contribution in [0.5, 0.6) is 11.5 Å². The van der Waals surface area contributed by atoms with E-state index in [1.165, 1.54) is 5.56 Å². The van der Waals surface area contributed by atoms with Gasteiger partial charge in [0.1, 0.15) is 6.61 Å². The summed E-state index contributed by atoms with van der Waals surface area (Å²) in [5.41, 5.74) is 3.81. The van der Waals surface area contributed by atoms with Gasteiger partial charge in [0.05, 0.1) is 12.1 Å². The first-order chi connectivity index (χ1) is 16.2. The number of hydrogen-bond acceptors (Lipinski definition) is 5. The smallest absolute Gasteiger partial charge is 0.363 e. The Morgan fingerprint density at radius 3 is 2.38 bits per heavy atom. The molecule has 0 spiro atoms. The zero-order chi connectivity index (χ0) is 24.3. The van der Waals surface area contributed by atoms with Crippen LogP contribution in [0.3, 0.4) is 0 Å². The summed E-state index contributed by atoms with van der Waals surface area (Å²) < 4.78 is 16.8. The molecule has 34 heavy (non-hydrogen) atoms. The van der Waals surface area contributed by atoms with Crippen molar-refractivity contribution in [2.45, 2.75) is 32.8 Å². The van der Waals surface area contributed by atoms with Gasteiger partial charge in [0.25, 0.3) is 0 Å². The van der Waals surface area contributed by atoms with Gasteiger partial charge in [0.15, 0.2) is 17.2 Å². The third kappa shape index (κ3) is 5.32. The predicted octanol–water partition coefficient (Wildman–Crippen LogP) is 6.57. The van der Waals surface area contributed by atoms with Crippen LogP contribution in [0.1, 0.15) is 43.0 Å². The van der Waals surface area contributed by atoms with Crippen LogP contribution in [0.4, 0.5) is 0 Å². The van der Waals surface area contributed by atoms with Crippen molar-refractivity contribution in [3.8, 4) is 11.5 Å². The molecule has 3 aromatic rings. The molecule has 0 N–H and O–H groups in total. The molecule has 1 heterocycles. The number of benzene rings is 3. The van der Waals surface area contributed by atoms with Gasteiger partial charge in [-0.2, -0.15) is 0 Å². The van der Waals surface area contributed by atoms with Crippen molar-refractivity contribution in [1.82, 2.24) is 0 Å². The molecule has 0 bridgehead atoms. The van der Waals surface area contributed by atoms with Gasteiger partial charge in [0.2, 0.25) is 5.90 Å². The van der Waals surface area contributed by atoms with Crippen LogP contribution < -0.4 is 9.47 Å². The number of aliphatic imine (C=N–C) groups is 1. The Bertz CT molecular complexity index is 1260. The maximum atomic E-state index is 12.5. The summed E-state index contributed by atoms with van der Waals surface area (Å²) in [6.07, 6.45) is 1.62. The van der Waals surface area contributed by atoms with E-state index in [0.717, 1.165) is 11.1 Å². The fourth-order valence-corrected chi connectivity index (χ4v) is 3.77. The van der Waals surface area contributed by atoms with Crippen molar-refractivity contribution in [2.75, 3.05) is 7.11 Å². The number of halogens is 1. The Balaban J connectivity index is 1.57. The molecule has 4 rings (SSSR count). The molecule has 3 aromatic carbocycles. The third-order valence-corrected chi connectivity index (χ3v) is 5.68. The van der Waals surface area contributed by atoms with E-state index in [2.05, 4.69) is 25.8 Å².